The zero-order valence-electron chi connectivity index (χ0n) is 9.31. The maximum absolute atomic E-state index is 6.04. The number of rotatable bonds is 1. The second kappa shape index (κ2) is 4.23. The van der Waals surface area contributed by atoms with E-state index in [9.17, 15) is 0 Å². The van der Waals surface area contributed by atoms with Crippen molar-refractivity contribution < 1.29 is 0 Å². The van der Waals surface area contributed by atoms with Crippen molar-refractivity contribution in [2.24, 2.45) is 5.73 Å². The van der Waals surface area contributed by atoms with Gasteiger partial charge in [0.15, 0.2) is 5.82 Å². The standard InChI is InChI=1S/C12H13BrN4/c13-9-5-2-1-4-8(9)11-15-16-12-10(14)6-3-7-17(11)12/h1-2,4-5,10H,3,6-7,14H2. The van der Waals surface area contributed by atoms with Gasteiger partial charge in [-0.3, -0.25) is 0 Å². The van der Waals surface area contributed by atoms with Crippen molar-refractivity contribution >= 4 is 15.9 Å². The third-order valence-corrected chi connectivity index (χ3v) is 3.81. The first-order valence-electron chi connectivity index (χ1n) is 5.71. The molecule has 88 valence electrons. The van der Waals surface area contributed by atoms with Crippen molar-refractivity contribution in [1.29, 1.82) is 0 Å². The topological polar surface area (TPSA) is 56.7 Å². The maximum atomic E-state index is 6.04. The van der Waals surface area contributed by atoms with Crippen molar-refractivity contribution in [3.8, 4) is 11.4 Å². The first-order valence-corrected chi connectivity index (χ1v) is 6.50. The van der Waals surface area contributed by atoms with E-state index >= 15 is 0 Å². The van der Waals surface area contributed by atoms with Crippen LogP contribution in [-0.2, 0) is 6.54 Å². The summed E-state index contributed by atoms with van der Waals surface area (Å²) in [4.78, 5) is 0. The highest BCUT2D eigenvalue weighted by atomic mass is 79.9. The normalized spacial score (nSPS) is 19.1. The summed E-state index contributed by atoms with van der Waals surface area (Å²) in [6, 6.07) is 8.07. The molecule has 2 heterocycles. The number of fused-ring (bicyclic) bond motifs is 1. The summed E-state index contributed by atoms with van der Waals surface area (Å²) in [5.74, 6) is 1.81. The van der Waals surface area contributed by atoms with E-state index in [1.54, 1.807) is 0 Å². The van der Waals surface area contributed by atoms with Gasteiger partial charge in [-0.2, -0.15) is 0 Å². The van der Waals surface area contributed by atoms with Crippen LogP contribution in [0.4, 0.5) is 0 Å². The van der Waals surface area contributed by atoms with Crippen LogP contribution in [0.5, 0.6) is 0 Å². The van der Waals surface area contributed by atoms with Gasteiger partial charge < -0.3 is 10.3 Å². The lowest BCUT2D eigenvalue weighted by Crippen LogP contribution is -2.22. The van der Waals surface area contributed by atoms with Gasteiger partial charge in [-0.1, -0.05) is 34.1 Å². The van der Waals surface area contributed by atoms with Crippen LogP contribution in [0.3, 0.4) is 0 Å². The lowest BCUT2D eigenvalue weighted by atomic mass is 10.1. The summed E-state index contributed by atoms with van der Waals surface area (Å²) in [6.07, 6.45) is 2.08. The highest BCUT2D eigenvalue weighted by Crippen LogP contribution is 2.30. The molecule has 0 radical (unpaired) electrons. The van der Waals surface area contributed by atoms with Crippen molar-refractivity contribution in [2.45, 2.75) is 25.4 Å². The second-order valence-corrected chi connectivity index (χ2v) is 5.12. The summed E-state index contributed by atoms with van der Waals surface area (Å²) in [7, 11) is 0. The molecule has 0 saturated carbocycles. The van der Waals surface area contributed by atoms with E-state index < -0.39 is 0 Å². The quantitative estimate of drug-likeness (QED) is 0.879. The molecule has 0 saturated heterocycles. The SMILES string of the molecule is NC1CCCn2c(-c3ccccc3Br)nnc21. The van der Waals surface area contributed by atoms with Gasteiger partial charge in [-0.15, -0.1) is 10.2 Å². The molecule has 0 aliphatic carbocycles. The van der Waals surface area contributed by atoms with Gasteiger partial charge in [-0.25, -0.2) is 0 Å². The first-order chi connectivity index (χ1) is 8.27. The predicted molar refractivity (Wildman–Crippen MR) is 69.3 cm³/mol. The number of hydrogen-bond donors (Lipinski definition) is 1. The van der Waals surface area contributed by atoms with Gasteiger partial charge in [0, 0.05) is 16.6 Å². The van der Waals surface area contributed by atoms with E-state index in [-0.39, 0.29) is 6.04 Å². The molecule has 1 aromatic heterocycles. The monoisotopic (exact) mass is 292 g/mol. The summed E-state index contributed by atoms with van der Waals surface area (Å²) in [5.41, 5.74) is 7.11. The van der Waals surface area contributed by atoms with Gasteiger partial charge >= 0.3 is 0 Å². The summed E-state index contributed by atoms with van der Waals surface area (Å²) >= 11 is 3.55. The van der Waals surface area contributed by atoms with Crippen molar-refractivity contribution in [3.05, 3.63) is 34.6 Å². The van der Waals surface area contributed by atoms with Crippen molar-refractivity contribution in [2.75, 3.05) is 0 Å². The van der Waals surface area contributed by atoms with E-state index in [0.717, 1.165) is 41.1 Å². The number of benzene rings is 1. The fourth-order valence-electron chi connectivity index (χ4n) is 2.25. The predicted octanol–water partition coefficient (Wildman–Crippen LogP) is 2.50. The molecule has 17 heavy (non-hydrogen) atoms. The minimum Gasteiger partial charge on any atom is -0.321 e. The van der Waals surface area contributed by atoms with Gasteiger partial charge in [0.1, 0.15) is 5.82 Å². The zero-order valence-corrected chi connectivity index (χ0v) is 10.9. The third-order valence-electron chi connectivity index (χ3n) is 3.12. The molecule has 0 spiro atoms. The van der Waals surface area contributed by atoms with Crippen LogP contribution in [0.25, 0.3) is 11.4 Å². The molecule has 4 nitrogen and oxygen atoms in total. The van der Waals surface area contributed by atoms with Crippen LogP contribution in [0.1, 0.15) is 24.7 Å². The Morgan fingerprint density at radius 3 is 2.94 bits per heavy atom. The van der Waals surface area contributed by atoms with E-state index in [1.807, 2.05) is 24.3 Å². The van der Waals surface area contributed by atoms with Gasteiger partial charge in [-0.05, 0) is 18.9 Å². The van der Waals surface area contributed by atoms with Crippen molar-refractivity contribution in [3.63, 3.8) is 0 Å². The van der Waals surface area contributed by atoms with Gasteiger partial charge in [0.25, 0.3) is 0 Å². The number of nitrogens with zero attached hydrogens (tertiary/aromatic N) is 3. The Labute approximate surface area is 108 Å². The maximum Gasteiger partial charge on any atom is 0.165 e. The van der Waals surface area contributed by atoms with Gasteiger partial charge in [0.2, 0.25) is 0 Å². The number of hydrogen-bond acceptors (Lipinski definition) is 3. The average Bonchev–Trinajstić information content (AvgIpc) is 2.75. The van der Waals surface area contributed by atoms with Crippen LogP contribution in [0.2, 0.25) is 0 Å². The Morgan fingerprint density at radius 2 is 2.12 bits per heavy atom. The summed E-state index contributed by atoms with van der Waals surface area (Å²) in [6.45, 7) is 0.951. The highest BCUT2D eigenvalue weighted by Gasteiger charge is 2.23. The Kier molecular flexibility index (Phi) is 2.72. The molecule has 1 atom stereocenters. The molecule has 3 rings (SSSR count). The van der Waals surface area contributed by atoms with Crippen LogP contribution < -0.4 is 5.73 Å². The van der Waals surface area contributed by atoms with Crippen LogP contribution >= 0.6 is 15.9 Å². The Bertz CT molecular complexity index is 549. The Hall–Kier alpha value is -1.20. The molecule has 1 aliphatic rings. The van der Waals surface area contributed by atoms with Gasteiger partial charge in [0.05, 0.1) is 6.04 Å². The van der Waals surface area contributed by atoms with E-state index in [4.69, 9.17) is 5.73 Å². The molecule has 1 aromatic carbocycles. The minimum absolute atomic E-state index is 0.0208. The molecule has 1 aliphatic heterocycles. The molecular weight excluding hydrogens is 280 g/mol. The molecule has 2 aromatic rings. The molecule has 0 amide bonds. The van der Waals surface area contributed by atoms with Crippen LogP contribution in [0, 0.1) is 0 Å². The fraction of sp³-hybridized carbons (Fsp3) is 0.333. The second-order valence-electron chi connectivity index (χ2n) is 4.26. The van der Waals surface area contributed by atoms with E-state index in [2.05, 4.69) is 30.7 Å². The number of nitrogens with two attached hydrogens (primary N) is 1. The molecule has 0 bridgehead atoms. The van der Waals surface area contributed by atoms with E-state index in [0.29, 0.717) is 0 Å². The lowest BCUT2D eigenvalue weighted by molar-refractivity contribution is 0.454. The number of halogens is 1. The summed E-state index contributed by atoms with van der Waals surface area (Å²) < 4.78 is 3.17. The largest absolute Gasteiger partial charge is 0.321 e. The third kappa shape index (κ3) is 1.79. The minimum atomic E-state index is 0.0208. The molecule has 0 fully saturated rings. The van der Waals surface area contributed by atoms with Crippen LogP contribution in [-0.4, -0.2) is 14.8 Å². The average molecular weight is 293 g/mol. The smallest absolute Gasteiger partial charge is 0.165 e. The highest BCUT2D eigenvalue weighted by molar-refractivity contribution is 9.10. The molecular formula is C12H13BrN4. The number of aromatic nitrogens is 3. The molecule has 2 N–H and O–H groups in total. The van der Waals surface area contributed by atoms with Crippen LogP contribution in [0.15, 0.2) is 28.7 Å². The molecule has 1 unspecified atom stereocenters. The summed E-state index contributed by atoms with van der Waals surface area (Å²) in [5, 5.41) is 8.50. The zero-order chi connectivity index (χ0) is 11.8. The first kappa shape index (κ1) is 10.9. The molecule has 5 heteroatoms. The Balaban J connectivity index is 2.14. The van der Waals surface area contributed by atoms with E-state index in [1.165, 1.54) is 0 Å². The lowest BCUT2D eigenvalue weighted by Gasteiger charge is -2.20. The Morgan fingerprint density at radius 1 is 1.29 bits per heavy atom. The van der Waals surface area contributed by atoms with Crippen molar-refractivity contribution in [1.82, 2.24) is 14.8 Å². The fourth-order valence-corrected chi connectivity index (χ4v) is 2.71.